The number of hydrogen-bond acceptors (Lipinski definition) is 5. The van der Waals surface area contributed by atoms with E-state index in [-0.39, 0.29) is 0 Å². The Labute approximate surface area is 180 Å². The van der Waals surface area contributed by atoms with Crippen molar-refractivity contribution >= 4 is 21.8 Å². The van der Waals surface area contributed by atoms with Gasteiger partial charge in [0.2, 0.25) is 5.88 Å². The Morgan fingerprint density at radius 1 is 0.903 bits per heavy atom. The molecule has 0 aliphatic rings. The lowest BCUT2D eigenvalue weighted by molar-refractivity contribution is 0.454. The lowest BCUT2D eigenvalue weighted by Gasteiger charge is -2.08. The molecule has 0 unspecified atom stereocenters. The smallest absolute Gasteiger partial charge is 0.255 e. The molecule has 0 spiro atoms. The first-order chi connectivity index (χ1) is 15.0. The average molecular weight is 433 g/mol. The lowest BCUT2D eigenvalue weighted by atomic mass is 10.2. The van der Waals surface area contributed by atoms with Crippen LogP contribution in [0.2, 0.25) is 0 Å². The van der Waals surface area contributed by atoms with Crippen LogP contribution in [0.15, 0.2) is 90.6 Å². The van der Waals surface area contributed by atoms with Crippen molar-refractivity contribution in [2.45, 2.75) is 6.92 Å². The second-order valence-corrected chi connectivity index (χ2v) is 8.37. The summed E-state index contributed by atoms with van der Waals surface area (Å²) in [6, 6.07) is 21.5. The number of hydrogen-bond donors (Lipinski definition) is 1. The molecule has 0 saturated heterocycles. The number of aryl methyl sites for hydroxylation is 1. The van der Waals surface area contributed by atoms with Crippen molar-refractivity contribution in [1.82, 2.24) is 14.8 Å². The van der Waals surface area contributed by atoms with Crippen LogP contribution in [0.4, 0.5) is 5.69 Å². The minimum absolute atomic E-state index is 0.338. The Bertz CT molecular complexity index is 1260. The summed E-state index contributed by atoms with van der Waals surface area (Å²) in [5, 5.41) is 9.32. The molecule has 2 heterocycles. The number of rotatable bonds is 7. The first kappa shape index (κ1) is 20.4. The highest BCUT2D eigenvalue weighted by molar-refractivity contribution is 7.95. The summed E-state index contributed by atoms with van der Waals surface area (Å²) in [4.78, 5) is 0. The molecule has 0 atom stereocenters. The zero-order valence-corrected chi connectivity index (χ0v) is 17.5. The van der Waals surface area contributed by atoms with E-state index in [1.54, 1.807) is 42.5 Å². The maximum atomic E-state index is 12.3. The highest BCUT2D eigenvalue weighted by Crippen LogP contribution is 2.22. The maximum absolute atomic E-state index is 12.3. The van der Waals surface area contributed by atoms with Crippen LogP contribution in [0.1, 0.15) is 11.1 Å². The van der Waals surface area contributed by atoms with E-state index in [9.17, 15) is 8.42 Å². The van der Waals surface area contributed by atoms with E-state index in [1.807, 2.05) is 60.3 Å². The lowest BCUT2D eigenvalue weighted by Crippen LogP contribution is -2.08. The highest BCUT2D eigenvalue weighted by atomic mass is 32.2. The molecular weight excluding hydrogens is 412 g/mol. The second kappa shape index (κ2) is 8.85. The Kier molecular flexibility index (Phi) is 5.81. The van der Waals surface area contributed by atoms with Crippen molar-refractivity contribution in [3.8, 4) is 17.4 Å². The number of nitrogens with one attached hydrogen (secondary N) is 1. The van der Waals surface area contributed by atoms with E-state index in [1.165, 1.54) is 0 Å². The van der Waals surface area contributed by atoms with Gasteiger partial charge in [0.05, 0.1) is 5.41 Å². The summed E-state index contributed by atoms with van der Waals surface area (Å²) in [5.74, 6) is 1.53. The summed E-state index contributed by atoms with van der Waals surface area (Å²) < 4.78 is 34.6. The van der Waals surface area contributed by atoms with Gasteiger partial charge >= 0.3 is 0 Å². The van der Waals surface area contributed by atoms with Crippen LogP contribution < -0.4 is 9.46 Å². The summed E-state index contributed by atoms with van der Waals surface area (Å²) >= 11 is 0. The van der Waals surface area contributed by atoms with E-state index in [0.717, 1.165) is 16.5 Å². The normalized spacial score (nSPS) is 11.5. The molecule has 4 aromatic rings. The van der Waals surface area contributed by atoms with Gasteiger partial charge in [-0.15, -0.1) is 10.2 Å². The molecule has 7 nitrogen and oxygen atoms in total. The number of ether oxygens (including phenoxy) is 1. The van der Waals surface area contributed by atoms with Gasteiger partial charge in [0, 0.05) is 24.1 Å². The predicted octanol–water partition coefficient (Wildman–Crippen LogP) is 4.78. The van der Waals surface area contributed by atoms with E-state index in [2.05, 4.69) is 14.9 Å². The van der Waals surface area contributed by atoms with Gasteiger partial charge in [0.25, 0.3) is 10.0 Å². The van der Waals surface area contributed by atoms with Crippen LogP contribution >= 0.6 is 0 Å². The van der Waals surface area contributed by atoms with Gasteiger partial charge < -0.3 is 9.30 Å². The molecule has 31 heavy (non-hydrogen) atoms. The van der Waals surface area contributed by atoms with Gasteiger partial charge in [-0.25, -0.2) is 8.42 Å². The van der Waals surface area contributed by atoms with Crippen LogP contribution in [0.5, 0.6) is 11.6 Å². The van der Waals surface area contributed by atoms with E-state index < -0.39 is 10.0 Å². The third kappa shape index (κ3) is 5.58. The summed E-state index contributed by atoms with van der Waals surface area (Å²) in [6.07, 6.45) is 5.30. The molecule has 0 amide bonds. The molecular formula is C23H20N4O3S. The molecule has 0 radical (unpaired) electrons. The average Bonchev–Trinajstić information content (AvgIpc) is 3.30. The summed E-state index contributed by atoms with van der Waals surface area (Å²) in [6.45, 7) is 1.98. The standard InChI is InChI=1S/C23H20N4O3S/c1-18-4-6-19(7-5-18)14-17-31(28,29)26-20-8-10-21(11-9-20)30-23-13-12-22(24-25-23)27-15-2-3-16-27/h2-17,26H,1H3/b17-14+. The molecule has 2 aromatic heterocycles. The van der Waals surface area contributed by atoms with Crippen molar-refractivity contribution < 1.29 is 13.2 Å². The first-order valence-electron chi connectivity index (χ1n) is 9.49. The number of sulfonamides is 1. The SMILES string of the molecule is Cc1ccc(/C=C/S(=O)(=O)Nc2ccc(Oc3ccc(-n4cccc4)nn3)cc2)cc1. The van der Waals surface area contributed by atoms with E-state index >= 15 is 0 Å². The predicted molar refractivity (Wildman–Crippen MR) is 121 cm³/mol. The Balaban J connectivity index is 1.38. The minimum atomic E-state index is -3.64. The topological polar surface area (TPSA) is 86.1 Å². The highest BCUT2D eigenvalue weighted by Gasteiger charge is 2.07. The van der Waals surface area contributed by atoms with Gasteiger partial charge in [-0.3, -0.25) is 4.72 Å². The van der Waals surface area contributed by atoms with Gasteiger partial charge in [-0.2, -0.15) is 0 Å². The molecule has 0 bridgehead atoms. The molecule has 0 fully saturated rings. The fourth-order valence-corrected chi connectivity index (χ4v) is 3.62. The third-order valence-corrected chi connectivity index (χ3v) is 5.36. The van der Waals surface area contributed by atoms with Gasteiger partial charge in [-0.1, -0.05) is 29.8 Å². The number of nitrogens with zero attached hydrogens (tertiary/aromatic N) is 3. The first-order valence-corrected chi connectivity index (χ1v) is 11.0. The maximum Gasteiger partial charge on any atom is 0.255 e. The molecule has 4 rings (SSSR count). The molecule has 1 N–H and O–H groups in total. The van der Waals surface area contributed by atoms with E-state index in [0.29, 0.717) is 23.1 Å². The second-order valence-electron chi connectivity index (χ2n) is 6.81. The number of aromatic nitrogens is 3. The fraction of sp³-hybridized carbons (Fsp3) is 0.0435. The molecule has 0 aliphatic carbocycles. The summed E-state index contributed by atoms with van der Waals surface area (Å²) in [5.41, 5.74) is 2.35. The number of anilines is 1. The number of benzene rings is 2. The van der Waals surface area contributed by atoms with Crippen LogP contribution in [-0.4, -0.2) is 23.2 Å². The minimum Gasteiger partial charge on any atom is -0.438 e. The largest absolute Gasteiger partial charge is 0.438 e. The summed E-state index contributed by atoms with van der Waals surface area (Å²) in [7, 11) is -3.64. The third-order valence-electron chi connectivity index (χ3n) is 4.35. The zero-order chi connectivity index (χ0) is 21.7. The Morgan fingerprint density at radius 2 is 1.61 bits per heavy atom. The van der Waals surface area contributed by atoms with Crippen molar-refractivity contribution in [2.75, 3.05) is 4.72 Å². The zero-order valence-electron chi connectivity index (χ0n) is 16.7. The van der Waals surface area contributed by atoms with Crippen molar-refractivity contribution in [1.29, 1.82) is 0 Å². The molecule has 2 aromatic carbocycles. The molecule has 8 heteroatoms. The van der Waals surface area contributed by atoms with Crippen LogP contribution in [-0.2, 0) is 10.0 Å². The van der Waals surface area contributed by atoms with E-state index in [4.69, 9.17) is 4.74 Å². The Morgan fingerprint density at radius 3 is 2.26 bits per heavy atom. The van der Waals surface area contributed by atoms with Crippen molar-refractivity contribution in [2.24, 2.45) is 0 Å². The molecule has 0 aliphatic heterocycles. The monoisotopic (exact) mass is 432 g/mol. The van der Waals surface area contributed by atoms with Crippen LogP contribution in [0.25, 0.3) is 11.9 Å². The van der Waals surface area contributed by atoms with Crippen LogP contribution in [0, 0.1) is 6.92 Å². The van der Waals surface area contributed by atoms with Gasteiger partial charge in [0.15, 0.2) is 5.82 Å². The van der Waals surface area contributed by atoms with Crippen LogP contribution in [0.3, 0.4) is 0 Å². The van der Waals surface area contributed by atoms with Crippen molar-refractivity contribution in [3.05, 3.63) is 102 Å². The molecule has 0 saturated carbocycles. The quantitative estimate of drug-likeness (QED) is 0.454. The molecule has 156 valence electrons. The fourth-order valence-electron chi connectivity index (χ4n) is 2.75. The van der Waals surface area contributed by atoms with Gasteiger partial charge in [-0.05, 0) is 61.0 Å². The van der Waals surface area contributed by atoms with Gasteiger partial charge in [0.1, 0.15) is 5.75 Å². The van der Waals surface area contributed by atoms with Crippen molar-refractivity contribution in [3.63, 3.8) is 0 Å². The Hall–Kier alpha value is -3.91.